The first-order valence-corrected chi connectivity index (χ1v) is 12.8. The van der Waals surface area contributed by atoms with E-state index >= 15 is 0 Å². The number of hydrogen-bond donors (Lipinski definition) is 2. The van der Waals surface area contributed by atoms with Crippen LogP contribution in [-0.2, 0) is 0 Å². The van der Waals surface area contributed by atoms with Crippen LogP contribution in [0.15, 0.2) is 0 Å². The number of unbranched alkanes of at least 4 members (excludes halogenated alkanes) is 18. The van der Waals surface area contributed by atoms with Gasteiger partial charge in [0.05, 0.1) is 0 Å². The molecule has 2 amide bonds. The molecule has 0 spiro atoms. The molecule has 0 atom stereocenters. The van der Waals surface area contributed by atoms with E-state index in [2.05, 4.69) is 24.5 Å². The Bertz CT molecular complexity index is 307. The van der Waals surface area contributed by atoms with Crippen LogP contribution in [0.4, 0.5) is 4.79 Å². The number of nitrogens with one attached hydrogen (secondary N) is 2. The molecule has 0 aliphatic rings. The van der Waals surface area contributed by atoms with Crippen LogP contribution < -0.4 is 10.6 Å². The van der Waals surface area contributed by atoms with Crippen LogP contribution in [0.2, 0.25) is 0 Å². The lowest BCUT2D eigenvalue weighted by Gasteiger charge is -2.07. The zero-order chi connectivity index (χ0) is 20.5. The quantitative estimate of drug-likeness (QED) is 0.178. The fraction of sp³-hybridized carbons (Fsp3) is 0.960. The summed E-state index contributed by atoms with van der Waals surface area (Å²) in [5.74, 6) is 0. The van der Waals surface area contributed by atoms with Crippen LogP contribution in [0.25, 0.3) is 0 Å². The van der Waals surface area contributed by atoms with Crippen LogP contribution in [0.5, 0.6) is 0 Å². The lowest BCUT2D eigenvalue weighted by Crippen LogP contribution is -2.36. The van der Waals surface area contributed by atoms with E-state index in [1.165, 1.54) is 116 Å². The van der Waals surface area contributed by atoms with Gasteiger partial charge in [-0.1, -0.05) is 129 Å². The molecule has 0 heterocycles. The lowest BCUT2D eigenvalue weighted by atomic mass is 10.0. The van der Waals surface area contributed by atoms with Crippen LogP contribution in [-0.4, -0.2) is 19.1 Å². The van der Waals surface area contributed by atoms with Crippen molar-refractivity contribution < 1.29 is 4.79 Å². The van der Waals surface area contributed by atoms with E-state index in [9.17, 15) is 4.79 Å². The summed E-state index contributed by atoms with van der Waals surface area (Å²) in [4.78, 5) is 11.6. The highest BCUT2D eigenvalue weighted by molar-refractivity contribution is 5.73. The Labute approximate surface area is 177 Å². The number of hydrogen-bond acceptors (Lipinski definition) is 1. The third-order valence-electron chi connectivity index (χ3n) is 5.63. The van der Waals surface area contributed by atoms with Gasteiger partial charge in [-0.25, -0.2) is 4.79 Å². The number of carbonyl (C=O) groups is 1. The van der Waals surface area contributed by atoms with Gasteiger partial charge in [-0.2, -0.15) is 0 Å². The molecule has 0 aromatic carbocycles. The Hall–Kier alpha value is -0.730. The zero-order valence-electron chi connectivity index (χ0n) is 19.5. The molecule has 168 valence electrons. The fourth-order valence-electron chi connectivity index (χ4n) is 3.69. The van der Waals surface area contributed by atoms with Crippen molar-refractivity contribution in [2.45, 2.75) is 142 Å². The number of rotatable bonds is 22. The summed E-state index contributed by atoms with van der Waals surface area (Å²) >= 11 is 0. The summed E-state index contributed by atoms with van der Waals surface area (Å²) in [6, 6.07) is 0.0115. The van der Waals surface area contributed by atoms with E-state index in [1.54, 1.807) is 0 Å². The molecule has 0 unspecified atom stereocenters. The first-order chi connectivity index (χ1) is 13.8. The standard InChI is InChI=1S/C25H52N2O/c1-3-5-7-9-10-11-12-13-14-15-16-17-18-19-20-22-24-27-25(28)26-23-21-8-6-4-2/h3-24H2,1-2H3,(H2,26,27,28). The third kappa shape index (κ3) is 23.3. The summed E-state index contributed by atoms with van der Waals surface area (Å²) in [5, 5.41) is 5.92. The van der Waals surface area contributed by atoms with Crippen molar-refractivity contribution in [1.82, 2.24) is 10.6 Å². The highest BCUT2D eigenvalue weighted by atomic mass is 16.2. The van der Waals surface area contributed by atoms with Crippen LogP contribution in [0.1, 0.15) is 142 Å². The Kier molecular flexibility index (Phi) is 23.7. The second-order valence-electron chi connectivity index (χ2n) is 8.55. The average molecular weight is 397 g/mol. The van der Waals surface area contributed by atoms with Gasteiger partial charge in [-0.3, -0.25) is 0 Å². The molecule has 0 bridgehead atoms. The highest BCUT2D eigenvalue weighted by Gasteiger charge is 1.98. The van der Waals surface area contributed by atoms with Gasteiger partial charge in [0.2, 0.25) is 0 Å². The Morgan fingerprint density at radius 2 is 0.679 bits per heavy atom. The van der Waals surface area contributed by atoms with Crippen LogP contribution in [0.3, 0.4) is 0 Å². The maximum absolute atomic E-state index is 11.6. The Morgan fingerprint density at radius 3 is 1.00 bits per heavy atom. The maximum Gasteiger partial charge on any atom is 0.314 e. The lowest BCUT2D eigenvalue weighted by molar-refractivity contribution is 0.240. The van der Waals surface area contributed by atoms with E-state index < -0.39 is 0 Å². The summed E-state index contributed by atoms with van der Waals surface area (Å²) in [5.41, 5.74) is 0. The molecule has 2 N–H and O–H groups in total. The van der Waals surface area contributed by atoms with Gasteiger partial charge in [0, 0.05) is 13.1 Å². The van der Waals surface area contributed by atoms with E-state index in [0.29, 0.717) is 0 Å². The monoisotopic (exact) mass is 396 g/mol. The molecule has 0 radical (unpaired) electrons. The Morgan fingerprint density at radius 1 is 0.429 bits per heavy atom. The third-order valence-corrected chi connectivity index (χ3v) is 5.63. The minimum absolute atomic E-state index is 0.0115. The predicted octanol–water partition coefficient (Wildman–Crippen LogP) is 8.13. The SMILES string of the molecule is CCCCCCCCCCCCCCCCCCNC(=O)NCCCCCC. The molecule has 0 aliphatic heterocycles. The summed E-state index contributed by atoms with van der Waals surface area (Å²) < 4.78 is 0. The van der Waals surface area contributed by atoms with Gasteiger partial charge in [0.1, 0.15) is 0 Å². The van der Waals surface area contributed by atoms with Crippen molar-refractivity contribution in [3.63, 3.8) is 0 Å². The van der Waals surface area contributed by atoms with E-state index in [4.69, 9.17) is 0 Å². The van der Waals surface area contributed by atoms with Gasteiger partial charge >= 0.3 is 6.03 Å². The summed E-state index contributed by atoms with van der Waals surface area (Å²) in [6.07, 6.45) is 27.0. The summed E-state index contributed by atoms with van der Waals surface area (Å²) in [6.45, 7) is 6.12. The Balaban J connectivity index is 3.09. The minimum Gasteiger partial charge on any atom is -0.338 e. The van der Waals surface area contributed by atoms with Crippen molar-refractivity contribution in [2.24, 2.45) is 0 Å². The molecule has 3 heteroatoms. The molecule has 0 fully saturated rings. The van der Waals surface area contributed by atoms with Gasteiger partial charge < -0.3 is 10.6 Å². The van der Waals surface area contributed by atoms with E-state index in [1.807, 2.05) is 0 Å². The summed E-state index contributed by atoms with van der Waals surface area (Å²) in [7, 11) is 0. The molecule has 0 aromatic heterocycles. The highest BCUT2D eigenvalue weighted by Crippen LogP contribution is 2.13. The average Bonchev–Trinajstić information content (AvgIpc) is 2.70. The molecule has 0 aliphatic carbocycles. The fourth-order valence-corrected chi connectivity index (χ4v) is 3.69. The van der Waals surface area contributed by atoms with E-state index in [-0.39, 0.29) is 6.03 Å². The van der Waals surface area contributed by atoms with Crippen molar-refractivity contribution in [3.05, 3.63) is 0 Å². The van der Waals surface area contributed by atoms with Gasteiger partial charge in [-0.15, -0.1) is 0 Å². The number of urea groups is 1. The van der Waals surface area contributed by atoms with Gasteiger partial charge in [0.15, 0.2) is 0 Å². The van der Waals surface area contributed by atoms with Crippen molar-refractivity contribution in [2.75, 3.05) is 13.1 Å². The molecule has 0 saturated heterocycles. The molecular weight excluding hydrogens is 344 g/mol. The van der Waals surface area contributed by atoms with E-state index in [0.717, 1.165) is 25.9 Å². The maximum atomic E-state index is 11.6. The second-order valence-corrected chi connectivity index (χ2v) is 8.55. The molecule has 0 aromatic rings. The second kappa shape index (κ2) is 24.3. The molecular formula is C25H52N2O. The largest absolute Gasteiger partial charge is 0.338 e. The van der Waals surface area contributed by atoms with Crippen molar-refractivity contribution in [3.8, 4) is 0 Å². The van der Waals surface area contributed by atoms with Crippen molar-refractivity contribution in [1.29, 1.82) is 0 Å². The first-order valence-electron chi connectivity index (χ1n) is 12.8. The van der Waals surface area contributed by atoms with Gasteiger partial charge in [0.25, 0.3) is 0 Å². The smallest absolute Gasteiger partial charge is 0.314 e. The van der Waals surface area contributed by atoms with Crippen molar-refractivity contribution >= 4 is 6.03 Å². The van der Waals surface area contributed by atoms with Crippen LogP contribution in [0, 0.1) is 0 Å². The molecule has 0 rings (SSSR count). The van der Waals surface area contributed by atoms with Crippen LogP contribution >= 0.6 is 0 Å². The molecule has 3 nitrogen and oxygen atoms in total. The topological polar surface area (TPSA) is 41.1 Å². The first kappa shape index (κ1) is 27.3. The molecule has 28 heavy (non-hydrogen) atoms. The normalized spacial score (nSPS) is 10.9. The molecule has 0 saturated carbocycles. The zero-order valence-corrected chi connectivity index (χ0v) is 19.5. The van der Waals surface area contributed by atoms with Gasteiger partial charge in [-0.05, 0) is 12.8 Å². The number of carbonyl (C=O) groups excluding carboxylic acids is 1. The number of amides is 2. The minimum atomic E-state index is 0.0115. The predicted molar refractivity (Wildman–Crippen MR) is 125 cm³/mol.